The topological polar surface area (TPSA) is 136 Å². The molecule has 0 bridgehead atoms. The molecule has 0 aliphatic carbocycles. The summed E-state index contributed by atoms with van der Waals surface area (Å²) in [4.78, 5) is 20.2. The van der Waals surface area contributed by atoms with E-state index in [0.717, 1.165) is 0 Å². The van der Waals surface area contributed by atoms with Crippen molar-refractivity contribution in [2.75, 3.05) is 0 Å². The molecule has 1 saturated heterocycles. The van der Waals surface area contributed by atoms with Gasteiger partial charge in [-0.15, -0.1) is 0 Å². The Morgan fingerprint density at radius 3 is 1.46 bits per heavy atom. The summed E-state index contributed by atoms with van der Waals surface area (Å²) in [6.07, 6.45) is 0.748. The van der Waals surface area contributed by atoms with E-state index in [1.165, 1.54) is 0 Å². The molecule has 1 aliphatic rings. The SMILES string of the molecule is O=C1CCC(=O)N1.[LiH].[O-][Cl+3]([O-])([O-])O. The Balaban J connectivity index is 0. The van der Waals surface area contributed by atoms with Gasteiger partial charge in [0.25, 0.3) is 0 Å². The van der Waals surface area contributed by atoms with E-state index in [0.29, 0.717) is 12.8 Å². The normalized spacial score (nSPS) is 15.4. The Labute approximate surface area is 87.6 Å². The summed E-state index contributed by atoms with van der Waals surface area (Å²) in [6.45, 7) is 0. The smallest absolute Gasteiger partial charge is 0.0777 e. The van der Waals surface area contributed by atoms with Crippen LogP contribution in [0, 0.1) is 10.2 Å². The fourth-order valence-corrected chi connectivity index (χ4v) is 0.508. The van der Waals surface area contributed by atoms with Crippen LogP contribution in [0.15, 0.2) is 0 Å². The summed E-state index contributed by atoms with van der Waals surface area (Å²) < 4.78 is 32.7. The molecule has 9 heteroatoms. The number of rotatable bonds is 0. The number of nitrogens with one attached hydrogen (secondary N) is 1. The van der Waals surface area contributed by atoms with Crippen molar-refractivity contribution >= 4 is 30.7 Å². The Bertz CT molecular complexity index is 172. The molecule has 7 nitrogen and oxygen atoms in total. The molecular weight excluding hydrogens is 200 g/mol. The second kappa shape index (κ2) is 6.34. The molecule has 0 unspecified atom stereocenters. The maximum atomic E-state index is 10.1. The first-order chi connectivity index (χ1) is 5.29. The quantitative estimate of drug-likeness (QED) is 0.301. The molecule has 2 N–H and O–H groups in total. The average Bonchev–Trinajstić information content (AvgIpc) is 2.09. The third-order valence-corrected chi connectivity index (χ3v) is 0.858. The molecule has 0 aromatic rings. The van der Waals surface area contributed by atoms with Gasteiger partial charge in [-0.3, -0.25) is 14.9 Å². The van der Waals surface area contributed by atoms with Crippen LogP contribution in [-0.4, -0.2) is 35.3 Å². The van der Waals surface area contributed by atoms with Crippen molar-refractivity contribution in [3.8, 4) is 0 Å². The Morgan fingerprint density at radius 2 is 1.38 bits per heavy atom. The van der Waals surface area contributed by atoms with Crippen molar-refractivity contribution in [3.63, 3.8) is 0 Å². The van der Waals surface area contributed by atoms with Crippen molar-refractivity contribution in [1.82, 2.24) is 5.32 Å². The van der Waals surface area contributed by atoms with E-state index in [4.69, 9.17) is 18.6 Å². The van der Waals surface area contributed by atoms with Crippen LogP contribution in [0.25, 0.3) is 0 Å². The van der Waals surface area contributed by atoms with E-state index >= 15 is 0 Å². The van der Waals surface area contributed by atoms with E-state index in [1.807, 2.05) is 0 Å². The Kier molecular flexibility index (Phi) is 7.48. The molecule has 0 saturated carbocycles. The minimum Gasteiger partial charge on any atom is -0.183 e. The second-order valence-corrected chi connectivity index (χ2v) is 2.66. The molecule has 13 heavy (non-hydrogen) atoms. The largest absolute Gasteiger partial charge is 0.183 e. The van der Waals surface area contributed by atoms with Crippen LogP contribution in [0.2, 0.25) is 0 Å². The third-order valence-electron chi connectivity index (χ3n) is 0.858. The fraction of sp³-hybridized carbons (Fsp3) is 0.500. The maximum absolute atomic E-state index is 10.1. The zero-order valence-corrected chi connectivity index (χ0v) is 6.54. The summed E-state index contributed by atoms with van der Waals surface area (Å²) in [5, 5.41) is 2.14. The standard InChI is InChI=1S/C4H5NO2.ClHO4.Li.H/c6-3-1-2-4(7)5-3;2-1(3,4)5;;/h1-2H2,(H,5,6,7);(H,2,3,4,5);;. The van der Waals surface area contributed by atoms with Crippen molar-refractivity contribution in [1.29, 1.82) is 0 Å². The first-order valence-electron chi connectivity index (χ1n) is 2.75. The van der Waals surface area contributed by atoms with Gasteiger partial charge < -0.3 is 0 Å². The van der Waals surface area contributed by atoms with Gasteiger partial charge in [0, 0.05) is 12.8 Å². The van der Waals surface area contributed by atoms with E-state index in [1.54, 1.807) is 0 Å². The van der Waals surface area contributed by atoms with Gasteiger partial charge in [-0.05, 0) is 0 Å². The third kappa shape index (κ3) is 14.7. The number of amides is 2. The van der Waals surface area contributed by atoms with Crippen LogP contribution in [0.5, 0.6) is 0 Å². The van der Waals surface area contributed by atoms with Crippen LogP contribution >= 0.6 is 0 Å². The minimum absolute atomic E-state index is 0. The number of hydrogen-bond acceptors (Lipinski definition) is 6. The van der Waals surface area contributed by atoms with E-state index in [-0.39, 0.29) is 30.7 Å². The molecule has 1 rings (SSSR count). The van der Waals surface area contributed by atoms with E-state index in [9.17, 15) is 9.59 Å². The predicted octanol–water partition coefficient (Wildman–Crippen LogP) is -5.35. The van der Waals surface area contributed by atoms with Crippen molar-refractivity contribution < 1.29 is 38.5 Å². The summed E-state index contributed by atoms with van der Waals surface area (Å²) in [7, 11) is -4.69. The van der Waals surface area contributed by atoms with Crippen LogP contribution in [0.3, 0.4) is 0 Å². The van der Waals surface area contributed by atoms with Gasteiger partial charge in [-0.1, -0.05) is 0 Å². The maximum Gasteiger partial charge on any atom is 0.0777 e. The molecule has 0 spiro atoms. The Morgan fingerprint density at radius 1 is 1.15 bits per heavy atom. The zero-order chi connectivity index (χ0) is 9.78. The summed E-state index contributed by atoms with van der Waals surface area (Å²) in [5.41, 5.74) is 0. The summed E-state index contributed by atoms with van der Waals surface area (Å²) in [5.74, 6) is -0.296. The Hall–Kier alpha value is -0.133. The molecule has 1 heterocycles. The average molecular weight is 207 g/mol. The van der Waals surface area contributed by atoms with Gasteiger partial charge in [0.15, 0.2) is 0 Å². The number of carbonyl (C=O) groups is 2. The molecule has 0 radical (unpaired) electrons. The summed E-state index contributed by atoms with van der Waals surface area (Å²) in [6, 6.07) is 0. The van der Waals surface area contributed by atoms with Crippen LogP contribution in [0.4, 0.5) is 0 Å². The molecular formula is C4H7ClLiNO6. The first-order valence-corrected chi connectivity index (χ1v) is 4.01. The molecule has 72 valence electrons. The van der Waals surface area contributed by atoms with Crippen LogP contribution in [-0.2, 0) is 9.59 Å². The van der Waals surface area contributed by atoms with E-state index in [2.05, 4.69) is 5.32 Å². The number of carbonyl (C=O) groups excluding carboxylic acids is 2. The van der Waals surface area contributed by atoms with Gasteiger partial charge in [-0.25, -0.2) is 0 Å². The van der Waals surface area contributed by atoms with Gasteiger partial charge in [-0.2, -0.15) is 14.0 Å². The number of hydrogen-bond donors (Lipinski definition) is 2. The van der Waals surface area contributed by atoms with Crippen LogP contribution < -0.4 is 19.3 Å². The van der Waals surface area contributed by atoms with Crippen molar-refractivity contribution in [2.24, 2.45) is 0 Å². The van der Waals surface area contributed by atoms with Gasteiger partial charge in [0.2, 0.25) is 11.8 Å². The van der Waals surface area contributed by atoms with Crippen LogP contribution in [0.1, 0.15) is 12.8 Å². The molecule has 0 aromatic carbocycles. The second-order valence-electron chi connectivity index (χ2n) is 1.87. The number of imide groups is 1. The predicted molar refractivity (Wildman–Crippen MR) is 31.8 cm³/mol. The molecule has 1 fully saturated rings. The monoisotopic (exact) mass is 207 g/mol. The van der Waals surface area contributed by atoms with Crippen molar-refractivity contribution in [3.05, 3.63) is 0 Å². The van der Waals surface area contributed by atoms with Gasteiger partial charge >= 0.3 is 18.9 Å². The van der Waals surface area contributed by atoms with Gasteiger partial charge in [0.05, 0.1) is 14.9 Å². The zero-order valence-electron chi connectivity index (χ0n) is 5.78. The molecule has 0 aromatic heterocycles. The molecule has 0 atom stereocenters. The summed E-state index contributed by atoms with van der Waals surface area (Å²) >= 11 is 0. The van der Waals surface area contributed by atoms with Crippen molar-refractivity contribution in [2.45, 2.75) is 12.8 Å². The molecule has 1 aliphatic heterocycles. The number of halogens is 1. The first kappa shape index (κ1) is 15.3. The minimum atomic E-state index is -4.69. The molecule has 2 amide bonds. The van der Waals surface area contributed by atoms with E-state index < -0.39 is 10.2 Å². The fourth-order valence-electron chi connectivity index (χ4n) is 0.508. The van der Waals surface area contributed by atoms with Gasteiger partial charge in [0.1, 0.15) is 0 Å².